The van der Waals surface area contributed by atoms with Gasteiger partial charge >= 0.3 is 5.97 Å². The van der Waals surface area contributed by atoms with E-state index in [9.17, 15) is 9.18 Å². The number of para-hydroxylation sites is 1. The standard InChI is InChI=1S/C16H22N2O2.C6H5FS/c1-3-13-16(11(2)10-17)12-6-4-5-7-14(12)18(13)9-8-15(19)20;7-5-1-3-6(8)4-2-5/h4-7,11H,3,8-10,17H2,1-2H3,(H,19,20);1-4,8H. The number of carbonyl (C=O) groups is 1. The minimum absolute atomic E-state index is 0.141. The van der Waals surface area contributed by atoms with E-state index >= 15 is 0 Å². The van der Waals surface area contributed by atoms with Crippen molar-refractivity contribution in [3.63, 3.8) is 0 Å². The molecule has 0 spiro atoms. The third kappa shape index (κ3) is 5.36. The first-order valence-corrected chi connectivity index (χ1v) is 9.80. The molecule has 0 aliphatic rings. The first-order chi connectivity index (χ1) is 13.4. The van der Waals surface area contributed by atoms with Crippen molar-refractivity contribution in [1.29, 1.82) is 0 Å². The summed E-state index contributed by atoms with van der Waals surface area (Å²) in [6, 6.07) is 14.2. The van der Waals surface area contributed by atoms with Crippen LogP contribution in [-0.2, 0) is 17.8 Å². The van der Waals surface area contributed by atoms with Gasteiger partial charge in [-0.15, -0.1) is 12.6 Å². The number of aromatic nitrogens is 1. The normalized spacial score (nSPS) is 11.8. The van der Waals surface area contributed by atoms with E-state index in [-0.39, 0.29) is 18.2 Å². The van der Waals surface area contributed by atoms with Crippen LogP contribution in [0.3, 0.4) is 0 Å². The van der Waals surface area contributed by atoms with E-state index in [0.29, 0.717) is 13.1 Å². The Labute approximate surface area is 170 Å². The molecule has 0 amide bonds. The van der Waals surface area contributed by atoms with Crippen LogP contribution in [0.1, 0.15) is 37.4 Å². The number of benzene rings is 2. The lowest BCUT2D eigenvalue weighted by Gasteiger charge is -2.13. The molecule has 0 saturated heterocycles. The number of fused-ring (bicyclic) bond motifs is 1. The van der Waals surface area contributed by atoms with Crippen LogP contribution in [0.5, 0.6) is 0 Å². The fraction of sp³-hybridized carbons (Fsp3) is 0.318. The summed E-state index contributed by atoms with van der Waals surface area (Å²) in [5, 5.41) is 10.1. The van der Waals surface area contributed by atoms with E-state index in [4.69, 9.17) is 10.8 Å². The second kappa shape index (κ2) is 10.3. The lowest BCUT2D eigenvalue weighted by Crippen LogP contribution is -2.12. The number of rotatable bonds is 6. The Balaban J connectivity index is 0.000000292. The highest BCUT2D eigenvalue weighted by Gasteiger charge is 2.19. The number of nitrogens with two attached hydrogens (primary N) is 1. The summed E-state index contributed by atoms with van der Waals surface area (Å²) in [5.41, 5.74) is 9.45. The Bertz CT molecular complexity index is 901. The van der Waals surface area contributed by atoms with Crippen molar-refractivity contribution in [2.24, 2.45) is 5.73 Å². The molecule has 150 valence electrons. The monoisotopic (exact) mass is 402 g/mol. The highest BCUT2D eigenvalue weighted by molar-refractivity contribution is 7.80. The summed E-state index contributed by atoms with van der Waals surface area (Å²) < 4.78 is 14.2. The molecule has 3 N–H and O–H groups in total. The van der Waals surface area contributed by atoms with E-state index in [1.165, 1.54) is 28.8 Å². The minimum Gasteiger partial charge on any atom is -0.481 e. The van der Waals surface area contributed by atoms with Crippen LogP contribution >= 0.6 is 12.6 Å². The molecule has 6 heteroatoms. The molecule has 2 aromatic carbocycles. The molecule has 1 aromatic heterocycles. The average Bonchev–Trinajstić information content (AvgIpc) is 3.02. The molecule has 0 saturated carbocycles. The number of carboxylic acid groups (broad SMARTS) is 1. The molecule has 3 rings (SSSR count). The molecule has 3 aromatic rings. The van der Waals surface area contributed by atoms with Crippen molar-refractivity contribution < 1.29 is 14.3 Å². The largest absolute Gasteiger partial charge is 0.481 e. The maximum Gasteiger partial charge on any atom is 0.305 e. The van der Waals surface area contributed by atoms with E-state index < -0.39 is 5.97 Å². The number of thiol groups is 1. The quantitative estimate of drug-likeness (QED) is 0.516. The first kappa shape index (κ1) is 22.0. The lowest BCUT2D eigenvalue weighted by atomic mass is 9.97. The molecule has 0 bridgehead atoms. The molecule has 1 atom stereocenters. The third-order valence-electron chi connectivity index (χ3n) is 4.68. The van der Waals surface area contributed by atoms with Gasteiger partial charge < -0.3 is 15.4 Å². The van der Waals surface area contributed by atoms with Gasteiger partial charge in [0.2, 0.25) is 0 Å². The Hall–Kier alpha value is -2.31. The third-order valence-corrected chi connectivity index (χ3v) is 4.98. The van der Waals surface area contributed by atoms with E-state index in [1.54, 1.807) is 12.1 Å². The molecular formula is C22H27FN2O2S. The zero-order valence-corrected chi connectivity index (χ0v) is 17.1. The zero-order valence-electron chi connectivity index (χ0n) is 16.2. The van der Waals surface area contributed by atoms with Crippen molar-refractivity contribution in [3.8, 4) is 0 Å². The number of aryl methyl sites for hydroxylation is 1. The summed E-state index contributed by atoms with van der Waals surface area (Å²) in [6.07, 6.45) is 1.02. The van der Waals surface area contributed by atoms with Gasteiger partial charge in [-0.1, -0.05) is 32.0 Å². The molecule has 0 fully saturated rings. The predicted molar refractivity (Wildman–Crippen MR) is 115 cm³/mol. The van der Waals surface area contributed by atoms with E-state index in [2.05, 4.69) is 43.2 Å². The first-order valence-electron chi connectivity index (χ1n) is 9.35. The number of nitrogens with zero attached hydrogens (tertiary/aromatic N) is 1. The van der Waals surface area contributed by atoms with Crippen LogP contribution < -0.4 is 5.73 Å². The van der Waals surface area contributed by atoms with Crippen LogP contribution in [0, 0.1) is 5.82 Å². The second-order valence-electron chi connectivity index (χ2n) is 6.64. The van der Waals surface area contributed by atoms with Crippen LogP contribution in [0.4, 0.5) is 4.39 Å². The summed E-state index contributed by atoms with van der Waals surface area (Å²) in [6.45, 7) is 5.34. The lowest BCUT2D eigenvalue weighted by molar-refractivity contribution is -0.137. The van der Waals surface area contributed by atoms with Crippen LogP contribution in [0.2, 0.25) is 0 Å². The molecule has 0 radical (unpaired) electrons. The Morgan fingerprint density at radius 1 is 1.21 bits per heavy atom. The summed E-state index contributed by atoms with van der Waals surface area (Å²) in [7, 11) is 0. The minimum atomic E-state index is -0.766. The summed E-state index contributed by atoms with van der Waals surface area (Å²) >= 11 is 3.97. The van der Waals surface area contributed by atoms with E-state index in [0.717, 1.165) is 16.8 Å². The molecular weight excluding hydrogens is 375 g/mol. The van der Waals surface area contributed by atoms with Gasteiger partial charge in [0.15, 0.2) is 0 Å². The van der Waals surface area contributed by atoms with E-state index in [1.807, 2.05) is 12.1 Å². The van der Waals surface area contributed by atoms with Gasteiger partial charge in [-0.2, -0.15) is 0 Å². The maximum absolute atomic E-state index is 12.1. The van der Waals surface area contributed by atoms with Gasteiger partial charge in [0.1, 0.15) is 5.82 Å². The Kier molecular flexibility index (Phi) is 8.08. The molecule has 0 aliphatic carbocycles. The predicted octanol–water partition coefficient (Wildman–Crippen LogP) is 4.86. The highest BCUT2D eigenvalue weighted by atomic mass is 32.1. The van der Waals surface area contributed by atoms with Crippen LogP contribution in [0.25, 0.3) is 10.9 Å². The topological polar surface area (TPSA) is 68.2 Å². The molecule has 28 heavy (non-hydrogen) atoms. The Morgan fingerprint density at radius 3 is 2.39 bits per heavy atom. The number of hydrogen-bond donors (Lipinski definition) is 3. The molecule has 1 unspecified atom stereocenters. The maximum atomic E-state index is 12.1. The smallest absolute Gasteiger partial charge is 0.305 e. The summed E-state index contributed by atoms with van der Waals surface area (Å²) in [4.78, 5) is 11.7. The van der Waals surface area contributed by atoms with Gasteiger partial charge in [0.05, 0.1) is 6.42 Å². The second-order valence-corrected chi connectivity index (χ2v) is 7.16. The highest BCUT2D eigenvalue weighted by Crippen LogP contribution is 2.32. The Morgan fingerprint density at radius 2 is 1.86 bits per heavy atom. The van der Waals surface area contributed by atoms with Gasteiger partial charge in [-0.05, 0) is 54.8 Å². The summed E-state index contributed by atoms with van der Waals surface area (Å²) in [5.74, 6) is -0.706. The van der Waals surface area contributed by atoms with Crippen molar-refractivity contribution in [1.82, 2.24) is 4.57 Å². The number of halogens is 1. The van der Waals surface area contributed by atoms with Gasteiger partial charge in [0, 0.05) is 28.0 Å². The number of aliphatic carboxylic acids is 1. The van der Waals surface area contributed by atoms with Crippen molar-refractivity contribution in [2.45, 2.75) is 44.0 Å². The van der Waals surface area contributed by atoms with Crippen LogP contribution in [-0.4, -0.2) is 22.2 Å². The average molecular weight is 403 g/mol. The van der Waals surface area contributed by atoms with Gasteiger partial charge in [0.25, 0.3) is 0 Å². The fourth-order valence-electron chi connectivity index (χ4n) is 3.34. The van der Waals surface area contributed by atoms with Gasteiger partial charge in [-0.25, -0.2) is 4.39 Å². The molecule has 4 nitrogen and oxygen atoms in total. The number of carboxylic acids is 1. The SMILES string of the molecule is CCc1c(C(C)CN)c2ccccc2n1CCC(=O)O.Fc1ccc(S)cc1. The molecule has 1 heterocycles. The van der Waals surface area contributed by atoms with Crippen molar-refractivity contribution >= 4 is 29.5 Å². The fourth-order valence-corrected chi connectivity index (χ4v) is 3.49. The molecule has 0 aliphatic heterocycles. The van der Waals surface area contributed by atoms with Gasteiger partial charge in [-0.3, -0.25) is 4.79 Å². The van der Waals surface area contributed by atoms with Crippen LogP contribution in [0.15, 0.2) is 53.4 Å². The van der Waals surface area contributed by atoms with Crippen molar-refractivity contribution in [3.05, 3.63) is 65.6 Å². The van der Waals surface area contributed by atoms with Crippen molar-refractivity contribution in [2.75, 3.05) is 6.54 Å². The number of hydrogen-bond acceptors (Lipinski definition) is 3. The zero-order chi connectivity index (χ0) is 20.7.